The van der Waals surface area contributed by atoms with Crippen LogP contribution in [-0.4, -0.2) is 55.1 Å². The van der Waals surface area contributed by atoms with Crippen molar-refractivity contribution in [3.8, 4) is 0 Å². The van der Waals surface area contributed by atoms with Crippen LogP contribution in [0.2, 0.25) is 0 Å². The van der Waals surface area contributed by atoms with Gasteiger partial charge in [-0.15, -0.1) is 0 Å². The maximum atomic E-state index is 11.1. The van der Waals surface area contributed by atoms with E-state index >= 15 is 0 Å². The number of likely N-dealkylation sites (N-methyl/N-ethyl adjacent to an activating group) is 1. The fraction of sp³-hybridized carbons (Fsp3) is 0.435. The second kappa shape index (κ2) is 10.2. The number of nitrogens with one attached hydrogen (secondary N) is 1. The molecule has 0 aliphatic carbocycles. The monoisotopic (exact) mass is 380 g/mol. The van der Waals surface area contributed by atoms with Gasteiger partial charge in [0.05, 0.1) is 0 Å². The zero-order valence-electron chi connectivity index (χ0n) is 16.8. The minimum atomic E-state index is -0.414. The summed E-state index contributed by atoms with van der Waals surface area (Å²) >= 11 is 0. The molecular formula is C23H32N4O. The Morgan fingerprint density at radius 2 is 1.71 bits per heavy atom. The summed E-state index contributed by atoms with van der Waals surface area (Å²) in [4.78, 5) is 16.0. The predicted molar refractivity (Wildman–Crippen MR) is 114 cm³/mol. The summed E-state index contributed by atoms with van der Waals surface area (Å²) in [6, 6.07) is 21.2. The van der Waals surface area contributed by atoms with Gasteiger partial charge in [0.1, 0.15) is 0 Å². The number of primary amides is 1. The van der Waals surface area contributed by atoms with Crippen molar-refractivity contribution in [2.75, 3.05) is 33.2 Å². The second-order valence-corrected chi connectivity index (χ2v) is 7.87. The van der Waals surface area contributed by atoms with Gasteiger partial charge in [0, 0.05) is 44.7 Å². The third-order valence-electron chi connectivity index (χ3n) is 5.51. The van der Waals surface area contributed by atoms with Crippen LogP contribution in [0, 0.1) is 0 Å². The number of carbonyl (C=O) groups excluding carboxylic acids is 1. The van der Waals surface area contributed by atoms with Gasteiger partial charge in [-0.25, -0.2) is 4.79 Å². The molecule has 2 amide bonds. The maximum Gasteiger partial charge on any atom is 0.312 e. The van der Waals surface area contributed by atoms with Gasteiger partial charge in [-0.3, -0.25) is 0 Å². The highest BCUT2D eigenvalue weighted by atomic mass is 16.2. The standard InChI is InChI=1S/C23H32N4O/c1-26(16-19-8-4-2-5-9-19)17-21(20-10-6-3-7-11-20)18-27-14-12-22(13-15-27)25-23(24)28/h2-11,21-22H,12-18H2,1H3,(H3,24,25,28). The van der Waals surface area contributed by atoms with Gasteiger partial charge < -0.3 is 20.9 Å². The Morgan fingerprint density at radius 3 is 2.32 bits per heavy atom. The van der Waals surface area contributed by atoms with E-state index in [1.165, 1.54) is 11.1 Å². The average Bonchev–Trinajstić information content (AvgIpc) is 2.70. The molecule has 1 fully saturated rings. The summed E-state index contributed by atoms with van der Waals surface area (Å²) in [6.45, 7) is 4.99. The number of piperidine rings is 1. The second-order valence-electron chi connectivity index (χ2n) is 7.87. The highest BCUT2D eigenvalue weighted by molar-refractivity contribution is 5.71. The predicted octanol–water partition coefficient (Wildman–Crippen LogP) is 3.03. The Balaban J connectivity index is 1.59. The summed E-state index contributed by atoms with van der Waals surface area (Å²) in [5.74, 6) is 0.454. The van der Waals surface area contributed by atoms with Crippen molar-refractivity contribution in [2.24, 2.45) is 5.73 Å². The molecule has 0 spiro atoms. The van der Waals surface area contributed by atoms with Crippen LogP contribution < -0.4 is 11.1 Å². The Morgan fingerprint density at radius 1 is 1.11 bits per heavy atom. The van der Waals surface area contributed by atoms with Crippen LogP contribution >= 0.6 is 0 Å². The number of benzene rings is 2. The van der Waals surface area contributed by atoms with Crippen molar-refractivity contribution in [3.63, 3.8) is 0 Å². The molecule has 150 valence electrons. The van der Waals surface area contributed by atoms with Crippen LogP contribution in [0.15, 0.2) is 60.7 Å². The quantitative estimate of drug-likeness (QED) is 0.740. The van der Waals surface area contributed by atoms with Crippen molar-refractivity contribution in [1.29, 1.82) is 0 Å². The van der Waals surface area contributed by atoms with Crippen molar-refractivity contribution in [1.82, 2.24) is 15.1 Å². The Bertz CT molecular complexity index is 714. The summed E-state index contributed by atoms with van der Waals surface area (Å²) in [5, 5.41) is 2.85. The lowest BCUT2D eigenvalue weighted by Gasteiger charge is -2.35. The third kappa shape index (κ3) is 6.36. The molecule has 0 radical (unpaired) electrons. The summed E-state index contributed by atoms with van der Waals surface area (Å²) in [7, 11) is 2.20. The maximum absolute atomic E-state index is 11.1. The molecule has 0 aromatic heterocycles. The molecule has 1 unspecified atom stereocenters. The first-order valence-electron chi connectivity index (χ1n) is 10.2. The topological polar surface area (TPSA) is 61.6 Å². The zero-order chi connectivity index (χ0) is 19.8. The molecule has 0 bridgehead atoms. The van der Waals surface area contributed by atoms with Gasteiger partial charge in [-0.1, -0.05) is 60.7 Å². The van der Waals surface area contributed by atoms with E-state index in [0.717, 1.165) is 45.6 Å². The molecule has 5 nitrogen and oxygen atoms in total. The highest BCUT2D eigenvalue weighted by Gasteiger charge is 2.23. The molecule has 3 rings (SSSR count). The first kappa shape index (κ1) is 20.4. The largest absolute Gasteiger partial charge is 0.352 e. The molecule has 3 N–H and O–H groups in total. The molecule has 1 atom stereocenters. The van der Waals surface area contributed by atoms with Crippen LogP contribution in [0.4, 0.5) is 4.79 Å². The van der Waals surface area contributed by atoms with Crippen molar-refractivity contribution in [3.05, 3.63) is 71.8 Å². The minimum absolute atomic E-state index is 0.213. The number of nitrogens with zero attached hydrogens (tertiary/aromatic N) is 2. The summed E-state index contributed by atoms with van der Waals surface area (Å²) in [5.41, 5.74) is 8.00. The minimum Gasteiger partial charge on any atom is -0.352 e. The van der Waals surface area contributed by atoms with Crippen molar-refractivity contribution < 1.29 is 4.79 Å². The van der Waals surface area contributed by atoms with Gasteiger partial charge in [0.25, 0.3) is 0 Å². The molecule has 1 aliphatic rings. The van der Waals surface area contributed by atoms with Gasteiger partial charge in [-0.05, 0) is 31.0 Å². The first-order chi connectivity index (χ1) is 13.6. The first-order valence-corrected chi connectivity index (χ1v) is 10.2. The van der Waals surface area contributed by atoms with Crippen LogP contribution in [0.25, 0.3) is 0 Å². The number of urea groups is 1. The van der Waals surface area contributed by atoms with Crippen LogP contribution in [-0.2, 0) is 6.54 Å². The smallest absolute Gasteiger partial charge is 0.312 e. The Kier molecular flexibility index (Phi) is 7.46. The van der Waals surface area contributed by atoms with E-state index in [1.54, 1.807) is 0 Å². The lowest BCUT2D eigenvalue weighted by atomic mass is 9.96. The molecule has 28 heavy (non-hydrogen) atoms. The van der Waals surface area contributed by atoms with E-state index in [9.17, 15) is 4.79 Å². The fourth-order valence-corrected chi connectivity index (χ4v) is 4.10. The number of nitrogens with two attached hydrogens (primary N) is 1. The number of rotatable bonds is 8. The molecule has 2 aromatic rings. The number of amides is 2. The normalized spacial score (nSPS) is 16.8. The molecule has 2 aromatic carbocycles. The zero-order valence-corrected chi connectivity index (χ0v) is 16.8. The van der Waals surface area contributed by atoms with E-state index in [1.807, 2.05) is 0 Å². The Hall–Kier alpha value is -2.37. The van der Waals surface area contributed by atoms with E-state index in [2.05, 4.69) is 82.8 Å². The van der Waals surface area contributed by atoms with Gasteiger partial charge >= 0.3 is 6.03 Å². The van der Waals surface area contributed by atoms with Crippen LogP contribution in [0.5, 0.6) is 0 Å². The van der Waals surface area contributed by atoms with Gasteiger partial charge in [0.2, 0.25) is 0 Å². The molecule has 1 heterocycles. The van der Waals surface area contributed by atoms with E-state index < -0.39 is 6.03 Å². The lowest BCUT2D eigenvalue weighted by molar-refractivity contribution is 0.173. The lowest BCUT2D eigenvalue weighted by Crippen LogP contribution is -2.47. The number of hydrogen-bond acceptors (Lipinski definition) is 3. The van der Waals surface area contributed by atoms with Crippen molar-refractivity contribution in [2.45, 2.75) is 31.3 Å². The highest BCUT2D eigenvalue weighted by Crippen LogP contribution is 2.21. The molecule has 1 aliphatic heterocycles. The van der Waals surface area contributed by atoms with E-state index in [4.69, 9.17) is 5.73 Å². The van der Waals surface area contributed by atoms with Crippen LogP contribution in [0.3, 0.4) is 0 Å². The third-order valence-corrected chi connectivity index (χ3v) is 5.51. The van der Waals surface area contributed by atoms with E-state index in [0.29, 0.717) is 5.92 Å². The van der Waals surface area contributed by atoms with Crippen molar-refractivity contribution >= 4 is 6.03 Å². The van der Waals surface area contributed by atoms with Gasteiger partial charge in [0.15, 0.2) is 0 Å². The van der Waals surface area contributed by atoms with E-state index in [-0.39, 0.29) is 6.04 Å². The Labute approximate surface area is 168 Å². The fourth-order valence-electron chi connectivity index (χ4n) is 4.10. The SMILES string of the molecule is CN(Cc1ccccc1)CC(CN1CCC(NC(N)=O)CC1)c1ccccc1. The molecular weight excluding hydrogens is 348 g/mol. The summed E-state index contributed by atoms with van der Waals surface area (Å²) in [6.07, 6.45) is 1.93. The van der Waals surface area contributed by atoms with Crippen LogP contribution in [0.1, 0.15) is 29.9 Å². The molecule has 5 heteroatoms. The number of likely N-dealkylation sites (tertiary alicyclic amines) is 1. The summed E-state index contributed by atoms with van der Waals surface area (Å²) < 4.78 is 0. The number of hydrogen-bond donors (Lipinski definition) is 2. The average molecular weight is 381 g/mol. The molecule has 0 saturated carbocycles. The van der Waals surface area contributed by atoms with Gasteiger partial charge in [-0.2, -0.15) is 0 Å². The molecule has 1 saturated heterocycles. The number of carbonyl (C=O) groups is 1.